The highest BCUT2D eigenvalue weighted by Gasteiger charge is 2.39. The molecular weight excluding hydrogens is 541 g/mol. The smallest absolute Gasteiger partial charge is 0.416 e. The third kappa shape index (κ3) is 6.27. The van der Waals surface area contributed by atoms with Gasteiger partial charge in [0.2, 0.25) is 0 Å². The molecule has 1 saturated carbocycles. The van der Waals surface area contributed by atoms with Gasteiger partial charge in [0, 0.05) is 12.1 Å². The number of phenolic OH excluding ortho intramolecular Hbond substituents is 1. The number of rotatable bonds is 7. The lowest BCUT2D eigenvalue weighted by Gasteiger charge is -2.30. The molecule has 4 rings (SSSR count). The number of nitrogens with zero attached hydrogens (tertiary/aromatic N) is 3. The van der Waals surface area contributed by atoms with Crippen molar-refractivity contribution in [1.29, 1.82) is 0 Å². The molecule has 3 N–H and O–H groups in total. The number of para-hydroxylation sites is 1. The predicted octanol–water partition coefficient (Wildman–Crippen LogP) is 4.99. The number of alkyl halides is 3. The van der Waals surface area contributed by atoms with E-state index in [-0.39, 0.29) is 46.4 Å². The summed E-state index contributed by atoms with van der Waals surface area (Å²) in [6.07, 6.45) is -2.32. The number of amides is 2. The van der Waals surface area contributed by atoms with Crippen LogP contribution in [0.25, 0.3) is 0 Å². The lowest BCUT2D eigenvalue weighted by atomic mass is 9.77. The first kappa shape index (κ1) is 29.8. The highest BCUT2D eigenvalue weighted by atomic mass is 19.4. The summed E-state index contributed by atoms with van der Waals surface area (Å²) in [6.45, 7) is 1.63. The first-order valence-corrected chi connectivity index (χ1v) is 13.1. The first-order valence-electron chi connectivity index (χ1n) is 13.1. The Bertz CT molecular complexity index is 1430. The number of carbonyl (C=O) groups excluding carboxylic acids is 2. The topological polar surface area (TPSA) is 123 Å². The Morgan fingerprint density at radius 1 is 1.12 bits per heavy atom. The standard InChI is InChI=1S/C29H31F3N4O5/c1-16-22(15-35(2)3)26(38)36(20-10-5-9-19(14-20)29(30,31)32)27(39)24(16)34-33-23-12-6-11-21(25(23)37)17-7-4-8-18(13-17)28(40)41/h5-6,9-12,14,17-18,33,37H,4,7-8,13,15H2,1-3H3,(H,40,41). The third-order valence-electron chi connectivity index (χ3n) is 7.40. The van der Waals surface area contributed by atoms with Gasteiger partial charge in [0.1, 0.15) is 5.75 Å². The molecule has 41 heavy (non-hydrogen) atoms. The number of anilines is 2. The number of halogens is 3. The van der Waals surface area contributed by atoms with E-state index in [1.54, 1.807) is 31.1 Å². The number of likely N-dealkylation sites (N-methyl/N-ethyl adjacent to an activating group) is 1. The van der Waals surface area contributed by atoms with Crippen LogP contribution in [0.4, 0.5) is 24.5 Å². The van der Waals surface area contributed by atoms with Crippen molar-refractivity contribution in [2.24, 2.45) is 11.0 Å². The maximum Gasteiger partial charge on any atom is 0.416 e. The van der Waals surface area contributed by atoms with Crippen molar-refractivity contribution >= 4 is 34.9 Å². The summed E-state index contributed by atoms with van der Waals surface area (Å²) in [5.41, 5.74) is 2.36. The molecule has 1 heterocycles. The van der Waals surface area contributed by atoms with Crippen LogP contribution in [0.2, 0.25) is 0 Å². The Hall–Kier alpha value is -4.19. The normalized spacial score (nSPS) is 21.1. The van der Waals surface area contributed by atoms with E-state index in [9.17, 15) is 37.8 Å². The Labute approximate surface area is 234 Å². The number of carboxylic acids is 1. The molecular formula is C29H31F3N4O5. The second kappa shape index (κ2) is 11.7. The zero-order valence-corrected chi connectivity index (χ0v) is 22.8. The van der Waals surface area contributed by atoms with Crippen LogP contribution in [0.15, 0.2) is 58.7 Å². The van der Waals surface area contributed by atoms with Gasteiger partial charge < -0.3 is 15.1 Å². The molecule has 1 aliphatic carbocycles. The van der Waals surface area contributed by atoms with E-state index in [1.807, 2.05) is 0 Å². The number of nitrogens with one attached hydrogen (secondary N) is 1. The number of carbonyl (C=O) groups is 3. The third-order valence-corrected chi connectivity index (χ3v) is 7.40. The second-order valence-corrected chi connectivity index (χ2v) is 10.5. The lowest BCUT2D eigenvalue weighted by molar-refractivity contribution is -0.143. The largest absolute Gasteiger partial charge is 0.505 e. The number of imide groups is 1. The van der Waals surface area contributed by atoms with Gasteiger partial charge in [0.15, 0.2) is 5.71 Å². The Kier molecular flexibility index (Phi) is 8.52. The van der Waals surface area contributed by atoms with Crippen molar-refractivity contribution in [2.45, 2.75) is 44.7 Å². The fourth-order valence-electron chi connectivity index (χ4n) is 5.28. The second-order valence-electron chi connectivity index (χ2n) is 10.5. The minimum atomic E-state index is -4.68. The summed E-state index contributed by atoms with van der Waals surface area (Å²) < 4.78 is 40.2. The molecule has 218 valence electrons. The van der Waals surface area contributed by atoms with Gasteiger partial charge >= 0.3 is 12.1 Å². The number of hydrazone groups is 1. The summed E-state index contributed by atoms with van der Waals surface area (Å²) in [7, 11) is 3.41. The average Bonchev–Trinajstić information content (AvgIpc) is 2.91. The van der Waals surface area contributed by atoms with E-state index >= 15 is 0 Å². The lowest BCUT2D eigenvalue weighted by Crippen LogP contribution is -2.49. The number of carboxylic acid groups (broad SMARTS) is 1. The van der Waals surface area contributed by atoms with Crippen LogP contribution in [0, 0.1) is 5.92 Å². The van der Waals surface area contributed by atoms with Crippen molar-refractivity contribution in [1.82, 2.24) is 4.90 Å². The van der Waals surface area contributed by atoms with Gasteiger partial charge in [0.05, 0.1) is 22.9 Å². The van der Waals surface area contributed by atoms with Crippen LogP contribution in [0.3, 0.4) is 0 Å². The predicted molar refractivity (Wildman–Crippen MR) is 147 cm³/mol. The zero-order chi connectivity index (χ0) is 30.1. The number of benzene rings is 2. The molecule has 2 aromatic carbocycles. The molecule has 0 aromatic heterocycles. The first-order chi connectivity index (χ1) is 19.3. The summed E-state index contributed by atoms with van der Waals surface area (Å²) in [5, 5.41) is 24.7. The molecule has 2 aliphatic rings. The quantitative estimate of drug-likeness (QED) is 0.243. The molecule has 9 nitrogen and oxygen atoms in total. The van der Waals surface area contributed by atoms with Gasteiger partial charge in [-0.1, -0.05) is 24.6 Å². The number of phenols is 1. The fraction of sp³-hybridized carbons (Fsp3) is 0.379. The summed E-state index contributed by atoms with van der Waals surface area (Å²) in [5.74, 6) is -3.38. The van der Waals surface area contributed by atoms with Crippen LogP contribution >= 0.6 is 0 Å². The molecule has 2 aromatic rings. The average molecular weight is 573 g/mol. The zero-order valence-electron chi connectivity index (χ0n) is 22.8. The number of aliphatic carboxylic acids is 1. The van der Waals surface area contributed by atoms with Gasteiger partial charge in [-0.05, 0) is 81.6 Å². The molecule has 0 radical (unpaired) electrons. The van der Waals surface area contributed by atoms with E-state index in [0.29, 0.717) is 36.1 Å². The minimum Gasteiger partial charge on any atom is -0.505 e. The number of aromatic hydroxyl groups is 1. The van der Waals surface area contributed by atoms with E-state index in [1.165, 1.54) is 19.1 Å². The maximum atomic E-state index is 13.5. The Morgan fingerprint density at radius 3 is 2.49 bits per heavy atom. The van der Waals surface area contributed by atoms with E-state index < -0.39 is 35.4 Å². The van der Waals surface area contributed by atoms with Crippen LogP contribution in [-0.4, -0.2) is 59.2 Å². The monoisotopic (exact) mass is 572 g/mol. The molecule has 2 amide bonds. The maximum absolute atomic E-state index is 13.5. The molecule has 0 saturated heterocycles. The minimum absolute atomic E-state index is 0.0968. The van der Waals surface area contributed by atoms with Crippen molar-refractivity contribution in [3.8, 4) is 5.75 Å². The van der Waals surface area contributed by atoms with Gasteiger partial charge in [-0.15, -0.1) is 0 Å². The molecule has 0 spiro atoms. The van der Waals surface area contributed by atoms with Gasteiger partial charge in [-0.2, -0.15) is 18.3 Å². The van der Waals surface area contributed by atoms with Crippen LogP contribution in [0.1, 0.15) is 49.7 Å². The van der Waals surface area contributed by atoms with Crippen molar-refractivity contribution in [3.05, 3.63) is 64.7 Å². The van der Waals surface area contributed by atoms with Crippen LogP contribution < -0.4 is 10.3 Å². The fourth-order valence-corrected chi connectivity index (χ4v) is 5.28. The van der Waals surface area contributed by atoms with Crippen LogP contribution in [0.5, 0.6) is 5.75 Å². The van der Waals surface area contributed by atoms with E-state index in [0.717, 1.165) is 18.2 Å². The van der Waals surface area contributed by atoms with Crippen LogP contribution in [-0.2, 0) is 20.6 Å². The highest BCUT2D eigenvalue weighted by Crippen LogP contribution is 2.42. The molecule has 0 bridgehead atoms. The van der Waals surface area contributed by atoms with Crippen molar-refractivity contribution in [2.75, 3.05) is 31.0 Å². The van der Waals surface area contributed by atoms with E-state index in [4.69, 9.17) is 0 Å². The molecule has 2 atom stereocenters. The molecule has 2 unspecified atom stereocenters. The summed E-state index contributed by atoms with van der Waals surface area (Å²) >= 11 is 0. The van der Waals surface area contributed by atoms with Gasteiger partial charge in [0.25, 0.3) is 11.8 Å². The summed E-state index contributed by atoms with van der Waals surface area (Å²) in [4.78, 5) is 40.8. The van der Waals surface area contributed by atoms with E-state index in [2.05, 4.69) is 10.5 Å². The molecule has 12 heteroatoms. The van der Waals surface area contributed by atoms with Crippen molar-refractivity contribution in [3.63, 3.8) is 0 Å². The Morgan fingerprint density at radius 2 is 1.83 bits per heavy atom. The SMILES string of the molecule is CC1=C(CN(C)C)C(=O)N(c2cccc(C(F)(F)F)c2)C(=O)C1=NNc1cccc(C2CCCC(C(=O)O)C2)c1O. The number of hydrogen-bond donors (Lipinski definition) is 3. The summed E-state index contributed by atoms with van der Waals surface area (Å²) in [6, 6.07) is 8.86. The highest BCUT2D eigenvalue weighted by molar-refractivity contribution is 6.57. The number of hydrogen-bond acceptors (Lipinski definition) is 7. The van der Waals surface area contributed by atoms with Crippen molar-refractivity contribution < 1.29 is 37.8 Å². The molecule has 1 aliphatic heterocycles. The molecule has 1 fully saturated rings. The van der Waals surface area contributed by atoms with Gasteiger partial charge in [-0.3, -0.25) is 19.8 Å². The van der Waals surface area contributed by atoms with Gasteiger partial charge in [-0.25, -0.2) is 4.90 Å². The Balaban J connectivity index is 1.71.